The lowest BCUT2D eigenvalue weighted by atomic mass is 9.84. The van der Waals surface area contributed by atoms with Crippen molar-refractivity contribution in [1.82, 2.24) is 5.32 Å². The molecule has 2 heteroatoms. The molecule has 0 aliphatic rings. The maximum Gasteiger partial charge on any atom is 0.0581 e. The predicted octanol–water partition coefficient (Wildman–Crippen LogP) is 2.42. The first-order valence-electron chi connectivity index (χ1n) is 5.69. The van der Waals surface area contributed by atoms with Crippen LogP contribution >= 0.6 is 0 Å². The lowest BCUT2D eigenvalue weighted by Crippen LogP contribution is -2.31. The lowest BCUT2D eigenvalue weighted by Gasteiger charge is -2.23. The van der Waals surface area contributed by atoms with Gasteiger partial charge in [-0.05, 0) is 37.6 Å². The molecule has 2 unspecified atom stereocenters. The van der Waals surface area contributed by atoms with Gasteiger partial charge in [-0.25, -0.2) is 0 Å². The van der Waals surface area contributed by atoms with Crippen molar-refractivity contribution in [1.29, 1.82) is 0 Å². The Labute approximate surface area is 89.1 Å². The summed E-state index contributed by atoms with van der Waals surface area (Å²) in [5, 5.41) is 12.1. The van der Waals surface area contributed by atoms with Crippen LogP contribution < -0.4 is 5.32 Å². The van der Waals surface area contributed by atoms with Gasteiger partial charge in [0.15, 0.2) is 0 Å². The van der Waals surface area contributed by atoms with Crippen LogP contribution in [0.1, 0.15) is 47.5 Å². The zero-order valence-corrected chi connectivity index (χ0v) is 10.4. The monoisotopic (exact) mass is 201 g/mol. The van der Waals surface area contributed by atoms with Gasteiger partial charge in [-0.15, -0.1) is 0 Å². The van der Waals surface area contributed by atoms with Crippen LogP contribution in [-0.2, 0) is 0 Å². The van der Waals surface area contributed by atoms with Crippen molar-refractivity contribution >= 4 is 0 Å². The van der Waals surface area contributed by atoms with E-state index < -0.39 is 0 Å². The SMILES string of the molecule is CC(CCNC(C)CO)CC(C)(C)C. The molecule has 2 atom stereocenters. The number of aliphatic hydroxyl groups is 1. The van der Waals surface area contributed by atoms with Crippen LogP contribution in [0.5, 0.6) is 0 Å². The highest BCUT2D eigenvalue weighted by atomic mass is 16.3. The maximum absolute atomic E-state index is 8.82. The quantitative estimate of drug-likeness (QED) is 0.692. The minimum Gasteiger partial charge on any atom is -0.395 e. The molecule has 0 saturated carbocycles. The molecule has 86 valence electrons. The van der Waals surface area contributed by atoms with Gasteiger partial charge in [-0.3, -0.25) is 0 Å². The Morgan fingerprint density at radius 1 is 1.21 bits per heavy atom. The van der Waals surface area contributed by atoms with Crippen LogP contribution in [0.3, 0.4) is 0 Å². The molecule has 2 N–H and O–H groups in total. The van der Waals surface area contributed by atoms with Crippen LogP contribution in [-0.4, -0.2) is 24.3 Å². The first kappa shape index (κ1) is 13.9. The number of rotatable bonds is 6. The van der Waals surface area contributed by atoms with E-state index in [0.29, 0.717) is 5.41 Å². The molecule has 2 nitrogen and oxygen atoms in total. The van der Waals surface area contributed by atoms with Crippen LogP contribution in [0.4, 0.5) is 0 Å². The fraction of sp³-hybridized carbons (Fsp3) is 1.00. The molecule has 14 heavy (non-hydrogen) atoms. The van der Waals surface area contributed by atoms with E-state index in [-0.39, 0.29) is 12.6 Å². The van der Waals surface area contributed by atoms with Crippen LogP contribution in [0.2, 0.25) is 0 Å². The van der Waals surface area contributed by atoms with Gasteiger partial charge in [0, 0.05) is 6.04 Å². The Hall–Kier alpha value is -0.0800. The highest BCUT2D eigenvalue weighted by molar-refractivity contribution is 4.68. The van der Waals surface area contributed by atoms with Gasteiger partial charge in [0.1, 0.15) is 0 Å². The van der Waals surface area contributed by atoms with Crippen molar-refractivity contribution in [3.63, 3.8) is 0 Å². The van der Waals surface area contributed by atoms with Crippen molar-refractivity contribution in [2.45, 2.75) is 53.5 Å². The summed E-state index contributed by atoms with van der Waals surface area (Å²) in [5.74, 6) is 0.758. The third-order valence-corrected chi connectivity index (χ3v) is 2.36. The molecule has 0 aromatic rings. The molecule has 0 bridgehead atoms. The van der Waals surface area contributed by atoms with Crippen molar-refractivity contribution in [3.8, 4) is 0 Å². The molecule has 0 radical (unpaired) electrons. The van der Waals surface area contributed by atoms with E-state index >= 15 is 0 Å². The summed E-state index contributed by atoms with van der Waals surface area (Å²) < 4.78 is 0. The third kappa shape index (κ3) is 8.52. The van der Waals surface area contributed by atoms with Crippen molar-refractivity contribution in [2.75, 3.05) is 13.2 Å². The van der Waals surface area contributed by atoms with E-state index in [2.05, 4.69) is 33.0 Å². The number of nitrogens with one attached hydrogen (secondary N) is 1. The highest BCUT2D eigenvalue weighted by Gasteiger charge is 2.14. The normalized spacial score (nSPS) is 16.7. The van der Waals surface area contributed by atoms with Crippen LogP contribution in [0.25, 0.3) is 0 Å². The minimum atomic E-state index is 0.230. The summed E-state index contributed by atoms with van der Waals surface area (Å²) in [6.45, 7) is 12.4. The fourth-order valence-electron chi connectivity index (χ4n) is 1.79. The van der Waals surface area contributed by atoms with Gasteiger partial charge in [0.25, 0.3) is 0 Å². The molecule has 0 fully saturated rings. The molecule has 0 heterocycles. The zero-order chi connectivity index (χ0) is 11.2. The second kappa shape index (κ2) is 6.41. The predicted molar refractivity (Wildman–Crippen MR) is 62.4 cm³/mol. The molecule has 0 aromatic heterocycles. The largest absolute Gasteiger partial charge is 0.395 e. The van der Waals surface area contributed by atoms with E-state index in [9.17, 15) is 0 Å². The smallest absolute Gasteiger partial charge is 0.0581 e. The Morgan fingerprint density at radius 3 is 2.21 bits per heavy atom. The molecule has 0 aromatic carbocycles. The van der Waals surface area contributed by atoms with E-state index in [1.54, 1.807) is 0 Å². The molecule has 0 rings (SSSR count). The standard InChI is InChI=1S/C12H27NO/c1-10(8-12(3,4)5)6-7-13-11(2)9-14/h10-11,13-14H,6-9H2,1-5H3. The van der Waals surface area contributed by atoms with E-state index in [1.165, 1.54) is 12.8 Å². The fourth-order valence-corrected chi connectivity index (χ4v) is 1.79. The minimum absolute atomic E-state index is 0.230. The first-order valence-corrected chi connectivity index (χ1v) is 5.69. The van der Waals surface area contributed by atoms with Crippen molar-refractivity contribution in [2.24, 2.45) is 11.3 Å². The van der Waals surface area contributed by atoms with Crippen LogP contribution in [0, 0.1) is 11.3 Å². The van der Waals surface area contributed by atoms with E-state index in [0.717, 1.165) is 12.5 Å². The molecular formula is C12H27NO. The van der Waals surface area contributed by atoms with Gasteiger partial charge in [-0.2, -0.15) is 0 Å². The molecule has 0 saturated heterocycles. The first-order chi connectivity index (χ1) is 6.35. The van der Waals surface area contributed by atoms with Gasteiger partial charge < -0.3 is 10.4 Å². The second-order valence-corrected chi connectivity index (χ2v) is 5.70. The Balaban J connectivity index is 3.50. The van der Waals surface area contributed by atoms with E-state index in [1.807, 2.05) is 6.92 Å². The zero-order valence-electron chi connectivity index (χ0n) is 10.4. The third-order valence-electron chi connectivity index (χ3n) is 2.36. The van der Waals surface area contributed by atoms with Crippen molar-refractivity contribution in [3.05, 3.63) is 0 Å². The highest BCUT2D eigenvalue weighted by Crippen LogP contribution is 2.25. The average molecular weight is 201 g/mol. The molecular weight excluding hydrogens is 174 g/mol. The molecule has 0 spiro atoms. The van der Waals surface area contributed by atoms with Gasteiger partial charge in [0.2, 0.25) is 0 Å². The van der Waals surface area contributed by atoms with Crippen LogP contribution in [0.15, 0.2) is 0 Å². The summed E-state index contributed by atoms with van der Waals surface area (Å²) in [6.07, 6.45) is 2.46. The molecule has 0 amide bonds. The summed E-state index contributed by atoms with van der Waals surface area (Å²) in [6, 6.07) is 0.233. The number of aliphatic hydroxyl groups excluding tert-OH is 1. The number of hydrogen-bond donors (Lipinski definition) is 2. The van der Waals surface area contributed by atoms with Gasteiger partial charge >= 0.3 is 0 Å². The Kier molecular flexibility index (Phi) is 6.38. The maximum atomic E-state index is 8.82. The number of hydrogen-bond acceptors (Lipinski definition) is 2. The topological polar surface area (TPSA) is 32.3 Å². The summed E-state index contributed by atoms with van der Waals surface area (Å²) in [7, 11) is 0. The summed E-state index contributed by atoms with van der Waals surface area (Å²) in [4.78, 5) is 0. The Bertz CT molecular complexity index is 140. The van der Waals surface area contributed by atoms with Gasteiger partial charge in [0.05, 0.1) is 6.61 Å². The average Bonchev–Trinajstić information content (AvgIpc) is 2.00. The lowest BCUT2D eigenvalue weighted by molar-refractivity contribution is 0.244. The summed E-state index contributed by atoms with van der Waals surface area (Å²) >= 11 is 0. The molecule has 0 aliphatic heterocycles. The van der Waals surface area contributed by atoms with Gasteiger partial charge in [-0.1, -0.05) is 27.7 Å². The second-order valence-electron chi connectivity index (χ2n) is 5.70. The molecule has 0 aliphatic carbocycles. The van der Waals surface area contributed by atoms with Crippen molar-refractivity contribution < 1.29 is 5.11 Å². The Morgan fingerprint density at radius 2 is 1.79 bits per heavy atom. The summed E-state index contributed by atoms with van der Waals surface area (Å²) in [5.41, 5.74) is 0.433. The van der Waals surface area contributed by atoms with E-state index in [4.69, 9.17) is 5.11 Å².